The van der Waals surface area contributed by atoms with E-state index in [9.17, 15) is 0 Å². The van der Waals surface area contributed by atoms with Crippen molar-refractivity contribution in [2.45, 2.75) is 52.0 Å². The highest BCUT2D eigenvalue weighted by Gasteiger charge is 2.39. The molecule has 0 unspecified atom stereocenters. The van der Waals surface area contributed by atoms with Gasteiger partial charge in [-0.25, -0.2) is 19.2 Å². The molecule has 1 aliphatic heterocycles. The first kappa shape index (κ1) is 18.7. The van der Waals surface area contributed by atoms with Crippen molar-refractivity contribution in [3.05, 3.63) is 36.0 Å². The molecule has 5 heterocycles. The Bertz CT molecular complexity index is 1260. The standard InChI is InChI=1S/C22H26N8O/c1-14-9-19-24-13-25-29(19)11-18(14)26-21-23-10-17-15(2)28-30(20(17)27-21)16-3-5-22(6-4-16)7-8-31-12-22/h9-11,13,16H,3-8,12H2,1-2H3,(H,23,26,27). The summed E-state index contributed by atoms with van der Waals surface area (Å²) in [6.45, 7) is 5.91. The van der Waals surface area contributed by atoms with Crippen LogP contribution in [0.4, 0.5) is 11.6 Å². The first-order chi connectivity index (χ1) is 15.1. The maximum atomic E-state index is 5.70. The van der Waals surface area contributed by atoms with Crippen molar-refractivity contribution in [2.75, 3.05) is 18.5 Å². The third-order valence-corrected chi connectivity index (χ3v) is 7.05. The van der Waals surface area contributed by atoms with Crippen LogP contribution in [0.5, 0.6) is 0 Å². The van der Waals surface area contributed by atoms with E-state index in [0.717, 1.165) is 59.7 Å². The molecule has 9 nitrogen and oxygen atoms in total. The van der Waals surface area contributed by atoms with E-state index in [2.05, 4.69) is 25.1 Å². The maximum Gasteiger partial charge on any atom is 0.229 e. The number of nitrogens with one attached hydrogen (secondary N) is 1. The molecule has 1 N–H and O–H groups in total. The predicted octanol–water partition coefficient (Wildman–Crippen LogP) is 3.75. The lowest BCUT2D eigenvalue weighted by Gasteiger charge is -2.36. The van der Waals surface area contributed by atoms with E-state index in [4.69, 9.17) is 14.8 Å². The molecule has 1 spiro atoms. The Balaban J connectivity index is 1.31. The number of rotatable bonds is 3. The Labute approximate surface area is 179 Å². The zero-order valence-corrected chi connectivity index (χ0v) is 17.9. The van der Waals surface area contributed by atoms with Gasteiger partial charge in [0.25, 0.3) is 0 Å². The van der Waals surface area contributed by atoms with E-state index in [1.807, 2.05) is 32.3 Å². The molecule has 9 heteroatoms. The van der Waals surface area contributed by atoms with Crippen LogP contribution < -0.4 is 5.32 Å². The average molecular weight is 419 g/mol. The van der Waals surface area contributed by atoms with Crippen LogP contribution in [0.15, 0.2) is 24.8 Å². The molecule has 1 saturated carbocycles. The van der Waals surface area contributed by atoms with Crippen LogP contribution in [0.25, 0.3) is 16.7 Å². The fourth-order valence-corrected chi connectivity index (χ4v) is 5.09. The molecule has 2 fully saturated rings. The summed E-state index contributed by atoms with van der Waals surface area (Å²) in [4.78, 5) is 13.7. The molecular formula is C22H26N8O. The average Bonchev–Trinajstić information content (AvgIpc) is 3.49. The van der Waals surface area contributed by atoms with E-state index in [1.165, 1.54) is 19.3 Å². The van der Waals surface area contributed by atoms with Crippen molar-refractivity contribution in [3.63, 3.8) is 0 Å². The predicted molar refractivity (Wildman–Crippen MR) is 116 cm³/mol. The summed E-state index contributed by atoms with van der Waals surface area (Å²) in [6.07, 6.45) is 11.2. The van der Waals surface area contributed by atoms with E-state index in [0.29, 0.717) is 17.4 Å². The van der Waals surface area contributed by atoms with Gasteiger partial charge < -0.3 is 10.1 Å². The molecule has 2 aliphatic rings. The van der Waals surface area contributed by atoms with Crippen LogP contribution >= 0.6 is 0 Å². The first-order valence-electron chi connectivity index (χ1n) is 11.0. The smallest absolute Gasteiger partial charge is 0.229 e. The fourth-order valence-electron chi connectivity index (χ4n) is 5.09. The zero-order chi connectivity index (χ0) is 21.0. The molecule has 0 aromatic carbocycles. The second-order valence-corrected chi connectivity index (χ2v) is 9.05. The van der Waals surface area contributed by atoms with Crippen LogP contribution in [-0.4, -0.2) is 47.6 Å². The lowest BCUT2D eigenvalue weighted by atomic mass is 9.72. The first-order valence-corrected chi connectivity index (χ1v) is 11.0. The molecule has 6 rings (SSSR count). The minimum atomic E-state index is 0.374. The van der Waals surface area contributed by atoms with Gasteiger partial charge in [-0.2, -0.15) is 15.2 Å². The topological polar surface area (TPSA) is 95.1 Å². The van der Waals surface area contributed by atoms with Crippen molar-refractivity contribution < 1.29 is 4.74 Å². The van der Waals surface area contributed by atoms with Crippen molar-refractivity contribution in [1.82, 2.24) is 34.3 Å². The number of fused-ring (bicyclic) bond motifs is 2. The number of ether oxygens (including phenoxy) is 1. The van der Waals surface area contributed by atoms with E-state index < -0.39 is 0 Å². The molecule has 4 aromatic rings. The van der Waals surface area contributed by atoms with Gasteiger partial charge in [-0.3, -0.25) is 0 Å². The van der Waals surface area contributed by atoms with Gasteiger partial charge in [0.1, 0.15) is 6.33 Å². The molecule has 1 saturated heterocycles. The summed E-state index contributed by atoms with van der Waals surface area (Å²) < 4.78 is 9.57. The summed E-state index contributed by atoms with van der Waals surface area (Å²) in [5.41, 5.74) is 5.06. The third-order valence-electron chi connectivity index (χ3n) is 7.05. The number of hydrogen-bond donors (Lipinski definition) is 1. The van der Waals surface area contributed by atoms with Crippen molar-refractivity contribution >= 4 is 28.3 Å². The van der Waals surface area contributed by atoms with E-state index in [-0.39, 0.29) is 0 Å². The van der Waals surface area contributed by atoms with Crippen LogP contribution in [0.3, 0.4) is 0 Å². The molecule has 31 heavy (non-hydrogen) atoms. The number of aryl methyl sites for hydroxylation is 2. The highest BCUT2D eigenvalue weighted by molar-refractivity contribution is 5.79. The van der Waals surface area contributed by atoms with Gasteiger partial charge in [0.2, 0.25) is 5.95 Å². The number of hydrogen-bond acceptors (Lipinski definition) is 7. The van der Waals surface area contributed by atoms with Gasteiger partial charge >= 0.3 is 0 Å². The van der Waals surface area contributed by atoms with Crippen molar-refractivity contribution in [2.24, 2.45) is 5.41 Å². The number of aromatic nitrogens is 7. The normalized spacial score (nSPS) is 23.9. The third kappa shape index (κ3) is 3.15. The summed E-state index contributed by atoms with van der Waals surface area (Å²) in [6, 6.07) is 2.37. The van der Waals surface area contributed by atoms with Crippen LogP contribution in [0, 0.1) is 19.3 Å². The molecule has 0 radical (unpaired) electrons. The Kier molecular flexibility index (Phi) is 4.21. The second kappa shape index (κ2) is 6.98. The van der Waals surface area contributed by atoms with E-state index >= 15 is 0 Å². The van der Waals surface area contributed by atoms with Gasteiger partial charge in [-0.1, -0.05) is 0 Å². The van der Waals surface area contributed by atoms with Crippen molar-refractivity contribution in [1.29, 1.82) is 0 Å². The molecule has 160 valence electrons. The Morgan fingerprint density at radius 3 is 2.84 bits per heavy atom. The SMILES string of the molecule is Cc1cc2ncnn2cc1Nc1ncc2c(C)nn(C3CCC4(CCOC4)CC3)c2n1. The molecule has 0 atom stereocenters. The Hall–Kier alpha value is -3.07. The van der Waals surface area contributed by atoms with Crippen molar-refractivity contribution in [3.8, 4) is 0 Å². The summed E-state index contributed by atoms with van der Waals surface area (Å²) in [5.74, 6) is 0.563. The highest BCUT2D eigenvalue weighted by Crippen LogP contribution is 2.46. The lowest BCUT2D eigenvalue weighted by Crippen LogP contribution is -2.29. The van der Waals surface area contributed by atoms with Crippen LogP contribution in [-0.2, 0) is 4.74 Å². The monoisotopic (exact) mass is 418 g/mol. The largest absolute Gasteiger partial charge is 0.381 e. The van der Waals surface area contributed by atoms with Gasteiger partial charge in [-0.15, -0.1) is 0 Å². The molecule has 0 amide bonds. The number of pyridine rings is 1. The molecule has 1 aliphatic carbocycles. The second-order valence-electron chi connectivity index (χ2n) is 9.05. The zero-order valence-electron chi connectivity index (χ0n) is 17.9. The number of nitrogens with zero attached hydrogens (tertiary/aromatic N) is 7. The molecular weight excluding hydrogens is 392 g/mol. The fraction of sp³-hybridized carbons (Fsp3) is 0.500. The lowest BCUT2D eigenvalue weighted by molar-refractivity contribution is 0.105. The summed E-state index contributed by atoms with van der Waals surface area (Å²) in [7, 11) is 0. The quantitative estimate of drug-likeness (QED) is 0.541. The number of anilines is 2. The summed E-state index contributed by atoms with van der Waals surface area (Å²) in [5, 5.41) is 13.5. The molecule has 0 bridgehead atoms. The van der Waals surface area contributed by atoms with Crippen LogP contribution in [0.1, 0.15) is 49.4 Å². The van der Waals surface area contributed by atoms with E-state index in [1.54, 1.807) is 10.8 Å². The van der Waals surface area contributed by atoms with Gasteiger partial charge in [0.05, 0.1) is 35.6 Å². The Morgan fingerprint density at radius 1 is 1.16 bits per heavy atom. The summed E-state index contributed by atoms with van der Waals surface area (Å²) >= 11 is 0. The minimum absolute atomic E-state index is 0.374. The van der Waals surface area contributed by atoms with Crippen LogP contribution in [0.2, 0.25) is 0 Å². The maximum absolute atomic E-state index is 5.70. The van der Waals surface area contributed by atoms with Gasteiger partial charge in [0.15, 0.2) is 11.3 Å². The van der Waals surface area contributed by atoms with Gasteiger partial charge in [-0.05, 0) is 63.0 Å². The molecule has 4 aromatic heterocycles. The highest BCUT2D eigenvalue weighted by atomic mass is 16.5. The minimum Gasteiger partial charge on any atom is -0.381 e. The van der Waals surface area contributed by atoms with Gasteiger partial charge in [0, 0.05) is 12.8 Å². The Morgan fingerprint density at radius 2 is 2.03 bits per heavy atom.